The standard InChI is InChI=1S/C17H14F2O6S/c1-26(22,23)14-7-5-11(6-8-14)15(20)10-24-16(21)12-3-2-4-13(9-12)25-17(18)19/h2-9,17H,10H2,1H3. The number of benzene rings is 2. The summed E-state index contributed by atoms with van der Waals surface area (Å²) in [6.45, 7) is -3.62. The molecule has 0 fully saturated rings. The first-order valence-corrected chi connectivity index (χ1v) is 9.11. The summed E-state index contributed by atoms with van der Waals surface area (Å²) in [6, 6.07) is 10.1. The number of carbonyl (C=O) groups excluding carboxylic acids is 2. The van der Waals surface area contributed by atoms with Gasteiger partial charge in [-0.25, -0.2) is 13.2 Å². The minimum Gasteiger partial charge on any atom is -0.454 e. The first kappa shape index (κ1) is 19.5. The van der Waals surface area contributed by atoms with Crippen molar-refractivity contribution in [2.24, 2.45) is 0 Å². The third kappa shape index (κ3) is 5.35. The lowest BCUT2D eigenvalue weighted by Gasteiger charge is -2.07. The van der Waals surface area contributed by atoms with Gasteiger partial charge in [-0.05, 0) is 42.5 Å². The number of ether oxygens (including phenoxy) is 2. The number of Topliss-reactive ketones (excluding diaryl/α,β-unsaturated/α-hetero) is 1. The fraction of sp³-hybridized carbons (Fsp3) is 0.176. The quantitative estimate of drug-likeness (QED) is 0.539. The lowest BCUT2D eigenvalue weighted by atomic mass is 10.1. The Morgan fingerprint density at radius 1 is 1.04 bits per heavy atom. The van der Waals surface area contributed by atoms with Gasteiger partial charge in [-0.2, -0.15) is 8.78 Å². The van der Waals surface area contributed by atoms with Crippen LogP contribution in [0.15, 0.2) is 53.4 Å². The van der Waals surface area contributed by atoms with Gasteiger partial charge in [0.2, 0.25) is 0 Å². The lowest BCUT2D eigenvalue weighted by molar-refractivity contribution is -0.0499. The number of alkyl halides is 2. The maximum Gasteiger partial charge on any atom is 0.387 e. The zero-order chi connectivity index (χ0) is 19.3. The number of esters is 1. The smallest absolute Gasteiger partial charge is 0.387 e. The van der Waals surface area contributed by atoms with Gasteiger partial charge in [0.25, 0.3) is 0 Å². The molecule has 9 heteroatoms. The highest BCUT2D eigenvalue weighted by Crippen LogP contribution is 2.17. The van der Waals surface area contributed by atoms with E-state index in [0.29, 0.717) is 0 Å². The minimum atomic E-state index is -3.38. The van der Waals surface area contributed by atoms with Gasteiger partial charge in [0.15, 0.2) is 22.2 Å². The molecule has 2 aromatic rings. The highest BCUT2D eigenvalue weighted by atomic mass is 32.2. The normalized spacial score (nSPS) is 11.2. The first-order valence-electron chi connectivity index (χ1n) is 7.22. The molecule has 0 bridgehead atoms. The molecular weight excluding hydrogens is 370 g/mol. The first-order chi connectivity index (χ1) is 12.2. The van der Waals surface area contributed by atoms with Crippen molar-refractivity contribution in [2.45, 2.75) is 11.5 Å². The molecular formula is C17H14F2O6S. The van der Waals surface area contributed by atoms with Crippen molar-refractivity contribution >= 4 is 21.6 Å². The number of carbonyl (C=O) groups is 2. The largest absolute Gasteiger partial charge is 0.454 e. The summed E-state index contributed by atoms with van der Waals surface area (Å²) in [6.07, 6.45) is 1.04. The molecule has 0 radical (unpaired) electrons. The summed E-state index contributed by atoms with van der Waals surface area (Å²) >= 11 is 0. The van der Waals surface area contributed by atoms with E-state index >= 15 is 0 Å². The maximum absolute atomic E-state index is 12.2. The second kappa shape index (κ2) is 8.05. The zero-order valence-corrected chi connectivity index (χ0v) is 14.3. The third-order valence-corrected chi connectivity index (χ3v) is 4.36. The van der Waals surface area contributed by atoms with E-state index in [0.717, 1.165) is 12.3 Å². The Morgan fingerprint density at radius 3 is 2.27 bits per heavy atom. The van der Waals surface area contributed by atoms with E-state index in [9.17, 15) is 26.8 Å². The number of hydrogen-bond acceptors (Lipinski definition) is 6. The Kier molecular flexibility index (Phi) is 6.04. The van der Waals surface area contributed by atoms with Crippen LogP contribution in [-0.2, 0) is 14.6 Å². The molecule has 0 N–H and O–H groups in total. The van der Waals surface area contributed by atoms with Gasteiger partial charge < -0.3 is 9.47 Å². The van der Waals surface area contributed by atoms with E-state index in [1.165, 1.54) is 42.5 Å². The summed E-state index contributed by atoms with van der Waals surface area (Å²) in [7, 11) is -3.38. The Labute approximate surface area is 148 Å². The van der Waals surface area contributed by atoms with Crippen LogP contribution in [0, 0.1) is 0 Å². The van der Waals surface area contributed by atoms with Gasteiger partial charge in [-0.1, -0.05) is 6.07 Å². The summed E-state index contributed by atoms with van der Waals surface area (Å²) in [4.78, 5) is 24.0. The van der Waals surface area contributed by atoms with Crippen LogP contribution in [0.25, 0.3) is 0 Å². The number of rotatable bonds is 7. The molecule has 138 valence electrons. The lowest BCUT2D eigenvalue weighted by Crippen LogP contribution is -2.14. The molecule has 0 unspecified atom stereocenters. The maximum atomic E-state index is 12.2. The van der Waals surface area contributed by atoms with Gasteiger partial charge in [0, 0.05) is 11.8 Å². The SMILES string of the molecule is CS(=O)(=O)c1ccc(C(=O)COC(=O)c2cccc(OC(F)F)c2)cc1. The van der Waals surface area contributed by atoms with Crippen LogP contribution >= 0.6 is 0 Å². The second-order valence-electron chi connectivity index (χ2n) is 5.20. The summed E-state index contributed by atoms with van der Waals surface area (Å²) in [5, 5.41) is 0. The molecule has 0 spiro atoms. The van der Waals surface area contributed by atoms with Crippen LogP contribution < -0.4 is 4.74 Å². The molecule has 6 nitrogen and oxygen atoms in total. The fourth-order valence-corrected chi connectivity index (χ4v) is 2.62. The molecule has 0 aliphatic heterocycles. The molecule has 2 aromatic carbocycles. The second-order valence-corrected chi connectivity index (χ2v) is 7.22. The number of hydrogen-bond donors (Lipinski definition) is 0. The van der Waals surface area contributed by atoms with Crippen LogP contribution in [-0.4, -0.2) is 39.6 Å². The van der Waals surface area contributed by atoms with Crippen molar-refractivity contribution in [3.05, 3.63) is 59.7 Å². The molecule has 0 aromatic heterocycles. The van der Waals surface area contributed by atoms with E-state index in [1.807, 2.05) is 0 Å². The molecule has 0 amide bonds. The van der Waals surface area contributed by atoms with Crippen molar-refractivity contribution in [2.75, 3.05) is 12.9 Å². The number of halogens is 2. The van der Waals surface area contributed by atoms with Gasteiger partial charge in [0.05, 0.1) is 10.5 Å². The highest BCUT2D eigenvalue weighted by molar-refractivity contribution is 7.90. The monoisotopic (exact) mass is 384 g/mol. The molecule has 0 aliphatic rings. The van der Waals surface area contributed by atoms with Crippen molar-refractivity contribution < 1.29 is 36.3 Å². The molecule has 0 saturated carbocycles. The predicted octanol–water partition coefficient (Wildman–Crippen LogP) is 2.73. The van der Waals surface area contributed by atoms with E-state index in [-0.39, 0.29) is 21.8 Å². The minimum absolute atomic E-state index is 0.0524. The Bertz CT molecular complexity index is 907. The molecule has 0 aliphatic carbocycles. The van der Waals surface area contributed by atoms with Gasteiger partial charge in [-0.3, -0.25) is 4.79 Å². The summed E-state index contributed by atoms with van der Waals surface area (Å²) in [5.74, 6) is -1.64. The van der Waals surface area contributed by atoms with Crippen LogP contribution in [0.2, 0.25) is 0 Å². The van der Waals surface area contributed by atoms with Crippen LogP contribution in [0.3, 0.4) is 0 Å². The van der Waals surface area contributed by atoms with Crippen LogP contribution in [0.1, 0.15) is 20.7 Å². The Morgan fingerprint density at radius 2 is 1.69 bits per heavy atom. The van der Waals surface area contributed by atoms with E-state index in [1.54, 1.807) is 0 Å². The Balaban J connectivity index is 1.99. The predicted molar refractivity (Wildman–Crippen MR) is 87.2 cm³/mol. The van der Waals surface area contributed by atoms with E-state index in [4.69, 9.17) is 4.74 Å². The Hall–Kier alpha value is -2.81. The average Bonchev–Trinajstić information content (AvgIpc) is 2.58. The zero-order valence-electron chi connectivity index (χ0n) is 13.5. The molecule has 2 rings (SSSR count). The molecule has 0 heterocycles. The van der Waals surface area contributed by atoms with Gasteiger partial charge in [-0.15, -0.1) is 0 Å². The number of sulfone groups is 1. The van der Waals surface area contributed by atoms with Crippen molar-refractivity contribution in [3.8, 4) is 5.75 Å². The van der Waals surface area contributed by atoms with Crippen LogP contribution in [0.5, 0.6) is 5.75 Å². The van der Waals surface area contributed by atoms with Gasteiger partial charge >= 0.3 is 12.6 Å². The number of ketones is 1. The fourth-order valence-electron chi connectivity index (χ4n) is 1.99. The van der Waals surface area contributed by atoms with Gasteiger partial charge in [0.1, 0.15) is 5.75 Å². The molecule has 0 saturated heterocycles. The third-order valence-electron chi connectivity index (χ3n) is 3.23. The highest BCUT2D eigenvalue weighted by Gasteiger charge is 2.14. The van der Waals surface area contributed by atoms with Crippen molar-refractivity contribution in [1.82, 2.24) is 0 Å². The summed E-state index contributed by atoms with van der Waals surface area (Å²) < 4.78 is 56.1. The summed E-state index contributed by atoms with van der Waals surface area (Å²) in [5.41, 5.74) is 0.114. The van der Waals surface area contributed by atoms with E-state index in [2.05, 4.69) is 4.74 Å². The average molecular weight is 384 g/mol. The molecule has 0 atom stereocenters. The van der Waals surface area contributed by atoms with Crippen molar-refractivity contribution in [1.29, 1.82) is 0 Å². The topological polar surface area (TPSA) is 86.7 Å². The van der Waals surface area contributed by atoms with Crippen LogP contribution in [0.4, 0.5) is 8.78 Å². The van der Waals surface area contributed by atoms with E-state index < -0.39 is 34.8 Å². The van der Waals surface area contributed by atoms with Crippen molar-refractivity contribution in [3.63, 3.8) is 0 Å². The molecule has 26 heavy (non-hydrogen) atoms.